The number of benzene rings is 1. The van der Waals surface area contributed by atoms with E-state index >= 15 is 0 Å². The third kappa shape index (κ3) is 8.44. The molecule has 0 spiro atoms. The van der Waals surface area contributed by atoms with Crippen LogP contribution in [0.5, 0.6) is 0 Å². The van der Waals surface area contributed by atoms with Crippen LogP contribution < -0.4 is 5.32 Å². The van der Waals surface area contributed by atoms with E-state index in [0.29, 0.717) is 12.3 Å². The third-order valence-electron chi connectivity index (χ3n) is 5.09. The average Bonchev–Trinajstić information content (AvgIpc) is 2.68. The van der Waals surface area contributed by atoms with Gasteiger partial charge in [0.15, 0.2) is 6.10 Å². The molecular weight excluding hydrogens is 370 g/mol. The van der Waals surface area contributed by atoms with E-state index in [9.17, 15) is 9.59 Å². The molecule has 2 atom stereocenters. The van der Waals surface area contributed by atoms with Crippen LogP contribution in [0.1, 0.15) is 64.9 Å². The van der Waals surface area contributed by atoms with Gasteiger partial charge in [0.25, 0.3) is 0 Å². The Balaban J connectivity index is 2.14. The molecule has 0 aliphatic heterocycles. The molecule has 1 aromatic carbocycles. The van der Waals surface area contributed by atoms with Gasteiger partial charge in [0.1, 0.15) is 5.60 Å². The molecule has 0 heterocycles. The normalized spacial score (nSPS) is 17.2. The quantitative estimate of drug-likeness (QED) is 0.640. The van der Waals surface area contributed by atoms with E-state index in [-0.39, 0.29) is 6.61 Å². The second-order valence-corrected chi connectivity index (χ2v) is 8.73. The van der Waals surface area contributed by atoms with Crippen LogP contribution in [0.2, 0.25) is 0 Å². The van der Waals surface area contributed by atoms with Crippen molar-refractivity contribution < 1.29 is 23.8 Å². The van der Waals surface area contributed by atoms with Crippen molar-refractivity contribution >= 4 is 12.1 Å². The van der Waals surface area contributed by atoms with Gasteiger partial charge in [-0.3, -0.25) is 0 Å². The Kier molecular flexibility index (Phi) is 8.96. The first-order valence-corrected chi connectivity index (χ1v) is 10.5. The van der Waals surface area contributed by atoms with Crippen molar-refractivity contribution in [2.75, 3.05) is 7.11 Å². The number of carbonyl (C=O) groups is 2. The fourth-order valence-electron chi connectivity index (χ4n) is 3.72. The Morgan fingerprint density at radius 2 is 1.76 bits per heavy atom. The first kappa shape index (κ1) is 23.2. The molecule has 0 radical (unpaired) electrons. The minimum Gasteiger partial charge on any atom is -0.467 e. The topological polar surface area (TPSA) is 73.9 Å². The number of nitrogens with one attached hydrogen (secondary N) is 1. The number of hydrogen-bond acceptors (Lipinski definition) is 5. The van der Waals surface area contributed by atoms with Gasteiger partial charge in [-0.05, 0) is 38.7 Å². The predicted octanol–water partition coefficient (Wildman–Crippen LogP) is 4.61. The number of ether oxygens (including phenoxy) is 3. The first-order chi connectivity index (χ1) is 13.8. The van der Waals surface area contributed by atoms with E-state index in [1.54, 1.807) is 0 Å². The summed E-state index contributed by atoms with van der Waals surface area (Å²) in [6.07, 6.45) is 5.01. The standard InChI is InChI=1S/C23H35NO5/c1-23(2,3)29-22(26)24-19(15-17-11-7-5-8-12-17)20(21(25)27-4)28-16-18-13-9-6-10-14-18/h6,9-10,13-14,17,19-20H,5,7-8,11-12,15-16H2,1-4H3,(H,24,26). The molecule has 0 saturated heterocycles. The number of hydrogen-bond donors (Lipinski definition) is 1. The van der Waals surface area contributed by atoms with Gasteiger partial charge >= 0.3 is 12.1 Å². The maximum absolute atomic E-state index is 12.5. The third-order valence-corrected chi connectivity index (χ3v) is 5.09. The molecule has 1 N–H and O–H groups in total. The highest BCUT2D eigenvalue weighted by Crippen LogP contribution is 2.29. The first-order valence-electron chi connectivity index (χ1n) is 10.5. The van der Waals surface area contributed by atoms with Crippen molar-refractivity contribution in [3.05, 3.63) is 35.9 Å². The fourth-order valence-corrected chi connectivity index (χ4v) is 3.72. The van der Waals surface area contributed by atoms with Crippen LogP contribution in [-0.4, -0.2) is 36.9 Å². The van der Waals surface area contributed by atoms with Crippen molar-refractivity contribution in [1.82, 2.24) is 5.32 Å². The number of esters is 1. The molecule has 1 fully saturated rings. The predicted molar refractivity (Wildman–Crippen MR) is 111 cm³/mol. The highest BCUT2D eigenvalue weighted by molar-refractivity contribution is 5.77. The number of rotatable bonds is 8. The lowest BCUT2D eigenvalue weighted by atomic mass is 9.83. The second kappa shape index (κ2) is 11.2. The fraction of sp³-hybridized carbons (Fsp3) is 0.652. The summed E-state index contributed by atoms with van der Waals surface area (Å²) in [5, 5.41) is 2.89. The summed E-state index contributed by atoms with van der Waals surface area (Å²) in [5.41, 5.74) is 0.334. The van der Waals surface area contributed by atoms with Gasteiger partial charge in [-0.25, -0.2) is 9.59 Å². The van der Waals surface area contributed by atoms with E-state index < -0.39 is 29.8 Å². The summed E-state index contributed by atoms with van der Waals surface area (Å²) >= 11 is 0. The van der Waals surface area contributed by atoms with Crippen molar-refractivity contribution in [3.63, 3.8) is 0 Å². The molecule has 1 amide bonds. The van der Waals surface area contributed by atoms with Crippen LogP contribution in [0, 0.1) is 5.92 Å². The minimum absolute atomic E-state index is 0.262. The van der Waals surface area contributed by atoms with Gasteiger partial charge in [0.05, 0.1) is 19.8 Å². The van der Waals surface area contributed by atoms with Crippen LogP contribution >= 0.6 is 0 Å². The van der Waals surface area contributed by atoms with Gasteiger partial charge in [0, 0.05) is 0 Å². The van der Waals surface area contributed by atoms with Crippen molar-refractivity contribution in [3.8, 4) is 0 Å². The minimum atomic E-state index is -0.894. The van der Waals surface area contributed by atoms with Gasteiger partial charge in [-0.1, -0.05) is 62.4 Å². The summed E-state index contributed by atoms with van der Waals surface area (Å²) < 4.78 is 16.4. The maximum Gasteiger partial charge on any atom is 0.407 e. The highest BCUT2D eigenvalue weighted by atomic mass is 16.6. The van der Waals surface area contributed by atoms with Crippen LogP contribution in [0.15, 0.2) is 30.3 Å². The summed E-state index contributed by atoms with van der Waals surface area (Å²) in [6, 6.07) is 9.13. The molecule has 2 unspecified atom stereocenters. The lowest BCUT2D eigenvalue weighted by Gasteiger charge is -2.32. The monoisotopic (exact) mass is 405 g/mol. The highest BCUT2D eigenvalue weighted by Gasteiger charge is 2.35. The number of carbonyl (C=O) groups excluding carboxylic acids is 2. The largest absolute Gasteiger partial charge is 0.467 e. The summed E-state index contributed by atoms with van der Waals surface area (Å²) in [4.78, 5) is 25.0. The molecule has 1 aliphatic carbocycles. The Morgan fingerprint density at radius 1 is 1.10 bits per heavy atom. The van der Waals surface area contributed by atoms with Crippen molar-refractivity contribution in [2.45, 2.75) is 83.6 Å². The molecule has 0 bridgehead atoms. The summed E-state index contributed by atoms with van der Waals surface area (Å²) in [6.45, 7) is 5.70. The zero-order valence-corrected chi connectivity index (χ0v) is 18.1. The molecule has 162 valence electrons. The van der Waals surface area contributed by atoms with Crippen LogP contribution in [0.25, 0.3) is 0 Å². The van der Waals surface area contributed by atoms with Gasteiger partial charge < -0.3 is 19.5 Å². The number of methoxy groups -OCH3 is 1. The molecule has 1 saturated carbocycles. The van der Waals surface area contributed by atoms with Crippen LogP contribution in [0.3, 0.4) is 0 Å². The molecule has 6 nitrogen and oxygen atoms in total. The molecule has 2 rings (SSSR count). The lowest BCUT2D eigenvalue weighted by Crippen LogP contribution is -2.50. The second-order valence-electron chi connectivity index (χ2n) is 8.73. The van der Waals surface area contributed by atoms with Crippen molar-refractivity contribution in [1.29, 1.82) is 0 Å². The van der Waals surface area contributed by atoms with E-state index in [4.69, 9.17) is 14.2 Å². The van der Waals surface area contributed by atoms with E-state index in [2.05, 4.69) is 5.32 Å². The number of amides is 1. The Morgan fingerprint density at radius 3 is 2.34 bits per heavy atom. The molecule has 29 heavy (non-hydrogen) atoms. The molecular formula is C23H35NO5. The summed E-state index contributed by atoms with van der Waals surface area (Å²) in [5.74, 6) is -0.0473. The zero-order chi connectivity index (χ0) is 21.3. The van der Waals surface area contributed by atoms with Gasteiger partial charge in [0.2, 0.25) is 0 Å². The molecule has 6 heteroatoms. The van der Waals surface area contributed by atoms with Gasteiger partial charge in [-0.2, -0.15) is 0 Å². The van der Waals surface area contributed by atoms with E-state index in [0.717, 1.165) is 18.4 Å². The molecule has 0 aromatic heterocycles. The average molecular weight is 406 g/mol. The zero-order valence-electron chi connectivity index (χ0n) is 18.1. The smallest absolute Gasteiger partial charge is 0.407 e. The number of alkyl carbamates (subject to hydrolysis) is 1. The Labute approximate surface area is 174 Å². The SMILES string of the molecule is COC(=O)C(OCc1ccccc1)C(CC1CCCCC1)NC(=O)OC(C)(C)C. The van der Waals surface area contributed by atoms with E-state index in [1.165, 1.54) is 26.4 Å². The maximum atomic E-state index is 12.5. The van der Waals surface area contributed by atoms with Crippen molar-refractivity contribution in [2.24, 2.45) is 5.92 Å². The molecule has 1 aromatic rings. The lowest BCUT2D eigenvalue weighted by molar-refractivity contribution is -0.157. The van der Waals surface area contributed by atoms with Gasteiger partial charge in [-0.15, -0.1) is 0 Å². The summed E-state index contributed by atoms with van der Waals surface area (Å²) in [7, 11) is 1.34. The van der Waals surface area contributed by atoms with Crippen LogP contribution in [0.4, 0.5) is 4.79 Å². The Hall–Kier alpha value is -2.08. The molecule has 1 aliphatic rings. The Bertz CT molecular complexity index is 634. The van der Waals surface area contributed by atoms with Crippen LogP contribution in [-0.2, 0) is 25.6 Å². The van der Waals surface area contributed by atoms with E-state index in [1.807, 2.05) is 51.1 Å².